The SMILES string of the molecule is CN(CCC(=O)O)c1nnc(C(C)(C)C)s1. The number of carbonyl (C=O) groups is 1. The van der Waals surface area contributed by atoms with Crippen molar-refractivity contribution in [2.45, 2.75) is 32.6 Å². The topological polar surface area (TPSA) is 66.3 Å². The van der Waals surface area contributed by atoms with Crippen LogP contribution in [-0.4, -0.2) is 34.9 Å². The Labute approximate surface area is 99.1 Å². The van der Waals surface area contributed by atoms with Crippen molar-refractivity contribution in [3.8, 4) is 0 Å². The van der Waals surface area contributed by atoms with Crippen LogP contribution in [0, 0.1) is 0 Å². The highest BCUT2D eigenvalue weighted by molar-refractivity contribution is 7.15. The van der Waals surface area contributed by atoms with Gasteiger partial charge in [-0.05, 0) is 0 Å². The predicted octanol–water partition coefficient (Wildman–Crippen LogP) is 1.75. The van der Waals surface area contributed by atoms with Gasteiger partial charge in [0.25, 0.3) is 0 Å². The van der Waals surface area contributed by atoms with Crippen LogP contribution in [0.25, 0.3) is 0 Å². The van der Waals surface area contributed by atoms with E-state index in [-0.39, 0.29) is 11.8 Å². The third-order valence-corrected chi connectivity index (χ3v) is 3.51. The molecule has 0 aliphatic rings. The molecule has 0 saturated heterocycles. The van der Waals surface area contributed by atoms with E-state index in [0.717, 1.165) is 10.1 Å². The minimum absolute atomic E-state index is 0.0104. The summed E-state index contributed by atoms with van der Waals surface area (Å²) in [4.78, 5) is 12.3. The maximum Gasteiger partial charge on any atom is 0.305 e. The van der Waals surface area contributed by atoms with Crippen LogP contribution in [0.4, 0.5) is 5.13 Å². The molecule has 16 heavy (non-hydrogen) atoms. The summed E-state index contributed by atoms with van der Waals surface area (Å²) in [7, 11) is 1.83. The Morgan fingerprint density at radius 3 is 2.50 bits per heavy atom. The molecule has 6 heteroatoms. The molecule has 0 atom stereocenters. The van der Waals surface area contributed by atoms with E-state index < -0.39 is 5.97 Å². The van der Waals surface area contributed by atoms with E-state index in [1.807, 2.05) is 11.9 Å². The molecule has 0 fully saturated rings. The summed E-state index contributed by atoms with van der Waals surface area (Å²) in [6.07, 6.45) is 0.112. The average molecular weight is 243 g/mol. The lowest BCUT2D eigenvalue weighted by Gasteiger charge is -2.14. The molecule has 1 rings (SSSR count). The number of carboxylic acids is 1. The molecule has 0 bridgehead atoms. The number of hydrogen-bond donors (Lipinski definition) is 1. The Bertz CT molecular complexity index is 370. The molecule has 1 aromatic rings. The Hall–Kier alpha value is -1.17. The van der Waals surface area contributed by atoms with Gasteiger partial charge >= 0.3 is 5.97 Å². The van der Waals surface area contributed by atoms with Gasteiger partial charge in [0.05, 0.1) is 6.42 Å². The minimum atomic E-state index is -0.799. The van der Waals surface area contributed by atoms with Crippen LogP contribution in [-0.2, 0) is 10.2 Å². The molecule has 90 valence electrons. The third kappa shape index (κ3) is 3.44. The van der Waals surface area contributed by atoms with Crippen LogP contribution < -0.4 is 4.90 Å². The number of anilines is 1. The van der Waals surface area contributed by atoms with Crippen molar-refractivity contribution >= 4 is 22.4 Å². The van der Waals surface area contributed by atoms with Crippen molar-refractivity contribution in [2.24, 2.45) is 0 Å². The average Bonchev–Trinajstić information content (AvgIpc) is 2.61. The van der Waals surface area contributed by atoms with E-state index >= 15 is 0 Å². The molecular formula is C10H17N3O2S. The van der Waals surface area contributed by atoms with Crippen LogP contribution in [0.2, 0.25) is 0 Å². The normalized spacial score (nSPS) is 11.5. The molecule has 5 nitrogen and oxygen atoms in total. The van der Waals surface area contributed by atoms with Gasteiger partial charge in [-0.1, -0.05) is 32.1 Å². The highest BCUT2D eigenvalue weighted by atomic mass is 32.1. The zero-order valence-corrected chi connectivity index (χ0v) is 10.8. The summed E-state index contributed by atoms with van der Waals surface area (Å²) in [5.41, 5.74) is -0.0104. The second-order valence-electron chi connectivity index (χ2n) is 4.71. The first-order chi connectivity index (χ1) is 7.30. The molecule has 0 amide bonds. The van der Waals surface area contributed by atoms with Crippen molar-refractivity contribution in [1.29, 1.82) is 0 Å². The Balaban J connectivity index is 2.67. The molecule has 0 unspecified atom stereocenters. The van der Waals surface area contributed by atoms with Crippen LogP contribution in [0.3, 0.4) is 0 Å². The standard InChI is InChI=1S/C10H17N3O2S/c1-10(2,3)8-11-12-9(16-8)13(4)6-5-7(14)15/h5-6H2,1-4H3,(H,14,15). The molecule has 1 heterocycles. The second-order valence-corrected chi connectivity index (χ2v) is 5.66. The number of hydrogen-bond acceptors (Lipinski definition) is 5. The van der Waals surface area contributed by atoms with E-state index in [0.29, 0.717) is 6.54 Å². The van der Waals surface area contributed by atoms with E-state index in [4.69, 9.17) is 5.11 Å². The summed E-state index contributed by atoms with van der Waals surface area (Å²) in [6, 6.07) is 0. The van der Waals surface area contributed by atoms with Gasteiger partial charge in [0.1, 0.15) is 5.01 Å². The molecule has 0 aliphatic heterocycles. The molecule has 1 N–H and O–H groups in total. The zero-order chi connectivity index (χ0) is 12.3. The van der Waals surface area contributed by atoms with Crippen molar-refractivity contribution in [2.75, 3.05) is 18.5 Å². The van der Waals surface area contributed by atoms with Gasteiger partial charge in [-0.15, -0.1) is 10.2 Å². The molecular weight excluding hydrogens is 226 g/mol. The lowest BCUT2D eigenvalue weighted by molar-refractivity contribution is -0.136. The van der Waals surface area contributed by atoms with Crippen molar-refractivity contribution in [3.63, 3.8) is 0 Å². The maximum absolute atomic E-state index is 10.4. The van der Waals surface area contributed by atoms with Crippen LogP contribution in [0.1, 0.15) is 32.2 Å². The first-order valence-corrected chi connectivity index (χ1v) is 5.89. The molecule has 0 spiro atoms. The van der Waals surface area contributed by atoms with Crippen molar-refractivity contribution in [3.05, 3.63) is 5.01 Å². The number of rotatable bonds is 4. The lowest BCUT2D eigenvalue weighted by atomic mass is 9.98. The van der Waals surface area contributed by atoms with Gasteiger partial charge in [-0.3, -0.25) is 4.79 Å². The highest BCUT2D eigenvalue weighted by Crippen LogP contribution is 2.29. The predicted molar refractivity (Wildman–Crippen MR) is 64.1 cm³/mol. The van der Waals surface area contributed by atoms with E-state index in [1.165, 1.54) is 11.3 Å². The fraction of sp³-hybridized carbons (Fsp3) is 0.700. The fourth-order valence-corrected chi connectivity index (χ4v) is 1.92. The van der Waals surface area contributed by atoms with Crippen LogP contribution >= 0.6 is 11.3 Å². The van der Waals surface area contributed by atoms with Gasteiger partial charge in [0.15, 0.2) is 0 Å². The Kier molecular flexibility index (Phi) is 3.85. The minimum Gasteiger partial charge on any atom is -0.481 e. The number of aliphatic carboxylic acids is 1. The Morgan fingerprint density at radius 2 is 2.06 bits per heavy atom. The molecule has 0 aliphatic carbocycles. The third-order valence-electron chi connectivity index (χ3n) is 2.04. The maximum atomic E-state index is 10.4. The van der Waals surface area contributed by atoms with Gasteiger partial charge < -0.3 is 10.0 Å². The fourth-order valence-electron chi connectivity index (χ4n) is 1.03. The highest BCUT2D eigenvalue weighted by Gasteiger charge is 2.20. The zero-order valence-electron chi connectivity index (χ0n) is 10.0. The Morgan fingerprint density at radius 1 is 1.44 bits per heavy atom. The molecule has 0 aromatic carbocycles. The summed E-state index contributed by atoms with van der Waals surface area (Å²) in [5, 5.41) is 18.5. The molecule has 0 radical (unpaired) electrons. The van der Waals surface area contributed by atoms with Crippen LogP contribution in [0.15, 0.2) is 0 Å². The molecule has 0 saturated carbocycles. The van der Waals surface area contributed by atoms with Gasteiger partial charge in [0, 0.05) is 19.0 Å². The summed E-state index contributed by atoms with van der Waals surface area (Å²) >= 11 is 1.51. The van der Waals surface area contributed by atoms with Crippen molar-refractivity contribution < 1.29 is 9.90 Å². The quantitative estimate of drug-likeness (QED) is 0.872. The second kappa shape index (κ2) is 4.78. The monoisotopic (exact) mass is 243 g/mol. The first kappa shape index (κ1) is 12.9. The van der Waals surface area contributed by atoms with E-state index in [2.05, 4.69) is 31.0 Å². The van der Waals surface area contributed by atoms with Gasteiger partial charge in [0.2, 0.25) is 5.13 Å². The number of nitrogens with zero attached hydrogens (tertiary/aromatic N) is 3. The van der Waals surface area contributed by atoms with Gasteiger partial charge in [-0.25, -0.2) is 0 Å². The van der Waals surface area contributed by atoms with Gasteiger partial charge in [-0.2, -0.15) is 0 Å². The number of aromatic nitrogens is 2. The largest absolute Gasteiger partial charge is 0.481 e. The van der Waals surface area contributed by atoms with Crippen molar-refractivity contribution in [1.82, 2.24) is 10.2 Å². The summed E-state index contributed by atoms with van der Waals surface area (Å²) in [6.45, 7) is 6.69. The van der Waals surface area contributed by atoms with E-state index in [1.54, 1.807) is 0 Å². The molecule has 1 aromatic heterocycles. The summed E-state index contributed by atoms with van der Waals surface area (Å²) in [5.74, 6) is -0.799. The summed E-state index contributed by atoms with van der Waals surface area (Å²) < 4.78 is 0. The number of carboxylic acid groups (broad SMARTS) is 1. The van der Waals surface area contributed by atoms with Crippen LogP contribution in [0.5, 0.6) is 0 Å². The lowest BCUT2D eigenvalue weighted by Crippen LogP contribution is -2.20. The smallest absolute Gasteiger partial charge is 0.305 e. The first-order valence-electron chi connectivity index (χ1n) is 5.07. The van der Waals surface area contributed by atoms with E-state index in [9.17, 15) is 4.79 Å².